The van der Waals surface area contributed by atoms with Crippen LogP contribution >= 0.6 is 0 Å². The molecule has 9 nitrogen and oxygen atoms in total. The predicted octanol–water partition coefficient (Wildman–Crippen LogP) is 2.23. The number of hydrogen-bond donors (Lipinski definition) is 3. The first-order valence-corrected chi connectivity index (χ1v) is 11.3. The molecule has 0 saturated carbocycles. The maximum Gasteiger partial charge on any atom is 0.229 e. The molecule has 3 heterocycles. The number of H-pyrrole nitrogens is 1. The number of anilines is 1. The van der Waals surface area contributed by atoms with E-state index < -0.39 is 0 Å². The van der Waals surface area contributed by atoms with Gasteiger partial charge >= 0.3 is 0 Å². The van der Waals surface area contributed by atoms with E-state index in [-0.39, 0.29) is 0 Å². The highest BCUT2D eigenvalue weighted by molar-refractivity contribution is 5.92. The van der Waals surface area contributed by atoms with Gasteiger partial charge in [0, 0.05) is 49.2 Å². The Bertz CT molecular complexity index is 1220. The minimum atomic E-state index is 0.644. The SMILES string of the molecule is CNCCNCc1cccc(-c2nc(-c3cccc4[nH]ncc34)nc(N3CCOCC3)n2)c1. The van der Waals surface area contributed by atoms with Crippen molar-refractivity contribution >= 4 is 16.9 Å². The van der Waals surface area contributed by atoms with E-state index in [1.54, 1.807) is 0 Å². The number of nitrogens with one attached hydrogen (secondary N) is 3. The van der Waals surface area contributed by atoms with Crippen LogP contribution in [0.15, 0.2) is 48.7 Å². The second-order valence-corrected chi connectivity index (χ2v) is 8.00. The van der Waals surface area contributed by atoms with Crippen molar-refractivity contribution in [2.24, 2.45) is 0 Å². The number of benzene rings is 2. The van der Waals surface area contributed by atoms with Crippen molar-refractivity contribution in [3.63, 3.8) is 0 Å². The van der Waals surface area contributed by atoms with Crippen LogP contribution in [0.25, 0.3) is 33.7 Å². The number of likely N-dealkylation sites (N-methyl/N-ethyl adjacent to an activating group) is 1. The third-order valence-corrected chi connectivity index (χ3v) is 5.71. The minimum Gasteiger partial charge on any atom is -0.378 e. The summed E-state index contributed by atoms with van der Waals surface area (Å²) in [6.07, 6.45) is 1.82. The highest BCUT2D eigenvalue weighted by Crippen LogP contribution is 2.28. The monoisotopic (exact) mass is 444 g/mol. The van der Waals surface area contributed by atoms with Gasteiger partial charge in [0.2, 0.25) is 5.95 Å². The second kappa shape index (κ2) is 10.0. The number of hydrogen-bond acceptors (Lipinski definition) is 8. The van der Waals surface area contributed by atoms with E-state index >= 15 is 0 Å². The van der Waals surface area contributed by atoms with Gasteiger partial charge in [0.25, 0.3) is 0 Å². The molecule has 2 aromatic carbocycles. The molecule has 3 N–H and O–H groups in total. The Morgan fingerprint density at radius 1 is 1.00 bits per heavy atom. The summed E-state index contributed by atoms with van der Waals surface area (Å²) in [6, 6.07) is 14.4. The average Bonchev–Trinajstić information content (AvgIpc) is 3.36. The van der Waals surface area contributed by atoms with Crippen molar-refractivity contribution in [1.82, 2.24) is 35.8 Å². The van der Waals surface area contributed by atoms with Crippen LogP contribution < -0.4 is 15.5 Å². The van der Waals surface area contributed by atoms with Crippen LogP contribution in [0.5, 0.6) is 0 Å². The Balaban J connectivity index is 1.54. The van der Waals surface area contributed by atoms with Gasteiger partial charge in [0.1, 0.15) is 0 Å². The molecule has 0 aliphatic carbocycles. The minimum absolute atomic E-state index is 0.644. The van der Waals surface area contributed by atoms with Gasteiger partial charge in [-0.3, -0.25) is 5.10 Å². The lowest BCUT2D eigenvalue weighted by Crippen LogP contribution is -2.37. The molecule has 0 unspecified atom stereocenters. The molecular weight excluding hydrogens is 416 g/mol. The molecule has 33 heavy (non-hydrogen) atoms. The van der Waals surface area contributed by atoms with Crippen molar-refractivity contribution in [3.05, 3.63) is 54.2 Å². The molecule has 1 aliphatic heterocycles. The molecule has 1 fully saturated rings. The second-order valence-electron chi connectivity index (χ2n) is 8.00. The number of ether oxygens (including phenoxy) is 1. The van der Waals surface area contributed by atoms with Crippen LogP contribution in [-0.4, -0.2) is 71.6 Å². The Morgan fingerprint density at radius 2 is 1.85 bits per heavy atom. The van der Waals surface area contributed by atoms with Crippen LogP contribution in [0.4, 0.5) is 5.95 Å². The van der Waals surface area contributed by atoms with Crippen molar-refractivity contribution < 1.29 is 4.74 Å². The van der Waals surface area contributed by atoms with E-state index in [2.05, 4.69) is 50.0 Å². The first-order valence-electron chi connectivity index (χ1n) is 11.3. The molecule has 9 heteroatoms. The number of rotatable bonds is 8. The van der Waals surface area contributed by atoms with Crippen LogP contribution in [0.1, 0.15) is 5.56 Å². The molecule has 0 atom stereocenters. The molecule has 1 saturated heterocycles. The average molecular weight is 445 g/mol. The van der Waals surface area contributed by atoms with Gasteiger partial charge in [-0.25, -0.2) is 4.98 Å². The third-order valence-electron chi connectivity index (χ3n) is 5.71. The zero-order valence-electron chi connectivity index (χ0n) is 18.7. The summed E-state index contributed by atoms with van der Waals surface area (Å²) in [7, 11) is 1.96. The lowest BCUT2D eigenvalue weighted by Gasteiger charge is -2.27. The van der Waals surface area contributed by atoms with Crippen LogP contribution in [0.2, 0.25) is 0 Å². The smallest absolute Gasteiger partial charge is 0.229 e. The van der Waals surface area contributed by atoms with E-state index in [0.717, 1.165) is 54.8 Å². The number of morpholine rings is 1. The van der Waals surface area contributed by atoms with Gasteiger partial charge in [0.05, 0.1) is 24.9 Å². The van der Waals surface area contributed by atoms with Gasteiger partial charge in [-0.15, -0.1) is 0 Å². The quantitative estimate of drug-likeness (QED) is 0.356. The molecule has 4 aromatic rings. The molecule has 0 bridgehead atoms. The van der Waals surface area contributed by atoms with Gasteiger partial charge in [0.15, 0.2) is 11.6 Å². The Hall–Kier alpha value is -3.40. The first kappa shape index (κ1) is 21.4. The van der Waals surface area contributed by atoms with Crippen LogP contribution in [-0.2, 0) is 11.3 Å². The lowest BCUT2D eigenvalue weighted by atomic mass is 10.1. The summed E-state index contributed by atoms with van der Waals surface area (Å²) in [5.74, 6) is 1.99. The number of fused-ring (bicyclic) bond motifs is 1. The maximum atomic E-state index is 5.53. The van der Waals surface area contributed by atoms with Crippen molar-refractivity contribution in [2.45, 2.75) is 6.54 Å². The van der Waals surface area contributed by atoms with E-state index in [4.69, 9.17) is 19.7 Å². The molecule has 0 amide bonds. The van der Waals surface area contributed by atoms with Gasteiger partial charge in [-0.2, -0.15) is 15.1 Å². The van der Waals surface area contributed by atoms with Crippen molar-refractivity contribution in [2.75, 3.05) is 51.3 Å². The summed E-state index contributed by atoms with van der Waals surface area (Å²) < 4.78 is 5.53. The lowest BCUT2D eigenvalue weighted by molar-refractivity contribution is 0.122. The molecule has 0 radical (unpaired) electrons. The summed E-state index contributed by atoms with van der Waals surface area (Å²) >= 11 is 0. The molecule has 170 valence electrons. The molecule has 1 aliphatic rings. The Kier molecular flexibility index (Phi) is 6.52. The van der Waals surface area contributed by atoms with Gasteiger partial charge in [-0.05, 0) is 24.7 Å². The fraction of sp³-hybridized carbons (Fsp3) is 0.333. The van der Waals surface area contributed by atoms with E-state index in [9.17, 15) is 0 Å². The standard InChI is InChI=1S/C24H28N8O/c1-25-8-9-26-15-17-4-2-5-18(14-17)22-28-23(19-6-3-7-21-20(19)16-27-31-21)30-24(29-22)32-10-12-33-13-11-32/h2-7,14,16,25-26H,8-13,15H2,1H3,(H,27,31). The summed E-state index contributed by atoms with van der Waals surface area (Å²) in [5, 5.41) is 14.8. The fourth-order valence-electron chi connectivity index (χ4n) is 3.95. The third kappa shape index (κ3) is 4.85. The topological polar surface area (TPSA) is 104 Å². The van der Waals surface area contributed by atoms with Crippen LogP contribution in [0.3, 0.4) is 0 Å². The number of aromatic amines is 1. The largest absolute Gasteiger partial charge is 0.378 e. The van der Waals surface area contributed by atoms with E-state index in [0.29, 0.717) is 30.8 Å². The van der Waals surface area contributed by atoms with E-state index in [1.807, 2.05) is 31.4 Å². The van der Waals surface area contributed by atoms with Crippen LogP contribution in [0, 0.1) is 0 Å². The molecule has 5 rings (SSSR count). The summed E-state index contributed by atoms with van der Waals surface area (Å²) in [4.78, 5) is 16.8. The Morgan fingerprint density at radius 3 is 2.73 bits per heavy atom. The first-order chi connectivity index (χ1) is 16.3. The number of nitrogens with zero attached hydrogens (tertiary/aromatic N) is 5. The molecular formula is C24H28N8O. The zero-order chi connectivity index (χ0) is 22.5. The molecule has 2 aromatic heterocycles. The Labute approximate surface area is 192 Å². The van der Waals surface area contributed by atoms with E-state index in [1.165, 1.54) is 5.56 Å². The predicted molar refractivity (Wildman–Crippen MR) is 129 cm³/mol. The highest BCUT2D eigenvalue weighted by atomic mass is 16.5. The number of aromatic nitrogens is 5. The fourth-order valence-corrected chi connectivity index (χ4v) is 3.95. The molecule has 0 spiro atoms. The zero-order valence-corrected chi connectivity index (χ0v) is 18.7. The van der Waals surface area contributed by atoms with Gasteiger partial charge < -0.3 is 20.3 Å². The van der Waals surface area contributed by atoms with Gasteiger partial charge in [-0.1, -0.05) is 30.3 Å². The maximum absolute atomic E-state index is 5.53. The normalized spacial score (nSPS) is 14.2. The summed E-state index contributed by atoms with van der Waals surface area (Å²) in [5.41, 5.74) is 4.05. The highest BCUT2D eigenvalue weighted by Gasteiger charge is 2.19. The van der Waals surface area contributed by atoms with Crippen molar-refractivity contribution in [1.29, 1.82) is 0 Å². The summed E-state index contributed by atoms with van der Waals surface area (Å²) in [6.45, 7) is 5.48. The van der Waals surface area contributed by atoms with Crippen molar-refractivity contribution in [3.8, 4) is 22.8 Å².